The van der Waals surface area contributed by atoms with Gasteiger partial charge in [-0.1, -0.05) is 0 Å². The maximum atomic E-state index is 5.46. The van der Waals surface area contributed by atoms with Crippen molar-refractivity contribution in [1.82, 2.24) is 5.32 Å². The molecule has 0 fully saturated rings. The highest BCUT2D eigenvalue weighted by Crippen LogP contribution is 2.28. The molecule has 0 radical (unpaired) electrons. The molecule has 0 saturated heterocycles. The van der Waals surface area contributed by atoms with Gasteiger partial charge in [0, 0.05) is 18.2 Å². The van der Waals surface area contributed by atoms with E-state index in [1.807, 2.05) is 12.1 Å². The van der Waals surface area contributed by atoms with Crippen molar-refractivity contribution in [1.29, 1.82) is 0 Å². The molecule has 0 aliphatic carbocycles. The van der Waals surface area contributed by atoms with E-state index < -0.39 is 0 Å². The molecule has 0 spiro atoms. The fourth-order valence-electron chi connectivity index (χ4n) is 1.89. The van der Waals surface area contributed by atoms with Crippen molar-refractivity contribution in [2.24, 2.45) is 5.73 Å². The van der Waals surface area contributed by atoms with Crippen LogP contribution in [0.25, 0.3) is 0 Å². The second-order valence-corrected chi connectivity index (χ2v) is 4.30. The molecule has 0 aromatic heterocycles. The average molecular weight is 252 g/mol. The normalized spacial score (nSPS) is 10.4. The number of nitrogens with one attached hydrogen (secondary N) is 1. The summed E-state index contributed by atoms with van der Waals surface area (Å²) in [6.07, 6.45) is 2.17. The molecule has 0 aliphatic rings. The Bertz CT molecular complexity index is 367. The van der Waals surface area contributed by atoms with Gasteiger partial charge in [0.25, 0.3) is 0 Å². The molecule has 102 valence electrons. The lowest BCUT2D eigenvalue weighted by Gasteiger charge is -2.14. The summed E-state index contributed by atoms with van der Waals surface area (Å²) < 4.78 is 10.6. The van der Waals surface area contributed by atoms with E-state index in [2.05, 4.69) is 12.2 Å². The quantitative estimate of drug-likeness (QED) is 0.693. The van der Waals surface area contributed by atoms with Crippen molar-refractivity contribution in [3.63, 3.8) is 0 Å². The van der Waals surface area contributed by atoms with Crippen molar-refractivity contribution in [2.75, 3.05) is 27.3 Å². The third kappa shape index (κ3) is 4.20. The van der Waals surface area contributed by atoms with Crippen LogP contribution in [0.2, 0.25) is 0 Å². The molecule has 3 N–H and O–H groups in total. The summed E-state index contributed by atoms with van der Waals surface area (Å²) in [5.41, 5.74) is 7.83. The lowest BCUT2D eigenvalue weighted by Crippen LogP contribution is -2.17. The van der Waals surface area contributed by atoms with Gasteiger partial charge in [0.15, 0.2) is 0 Å². The van der Waals surface area contributed by atoms with E-state index in [0.717, 1.165) is 44.0 Å². The van der Waals surface area contributed by atoms with Crippen LogP contribution in [0.1, 0.15) is 24.0 Å². The fourth-order valence-corrected chi connectivity index (χ4v) is 1.89. The van der Waals surface area contributed by atoms with Gasteiger partial charge in [-0.3, -0.25) is 0 Å². The first kappa shape index (κ1) is 14.8. The predicted octanol–water partition coefficient (Wildman–Crippen LogP) is 1.84. The predicted molar refractivity (Wildman–Crippen MR) is 74.3 cm³/mol. The molecule has 4 nitrogen and oxygen atoms in total. The van der Waals surface area contributed by atoms with Gasteiger partial charge in [0.05, 0.1) is 14.2 Å². The molecule has 1 aromatic rings. The monoisotopic (exact) mass is 252 g/mol. The summed E-state index contributed by atoms with van der Waals surface area (Å²) in [5, 5.41) is 3.41. The molecule has 1 rings (SSSR count). The number of ether oxygens (including phenoxy) is 2. The summed E-state index contributed by atoms with van der Waals surface area (Å²) in [7, 11) is 3.35. The maximum Gasteiger partial charge on any atom is 0.127 e. The summed E-state index contributed by atoms with van der Waals surface area (Å²) in [6.45, 7) is 4.61. The highest BCUT2D eigenvalue weighted by atomic mass is 16.5. The molecule has 1 aromatic carbocycles. The van der Waals surface area contributed by atoms with Crippen LogP contribution < -0.4 is 20.5 Å². The zero-order chi connectivity index (χ0) is 13.4. The zero-order valence-electron chi connectivity index (χ0n) is 11.6. The van der Waals surface area contributed by atoms with Gasteiger partial charge >= 0.3 is 0 Å². The first-order valence-corrected chi connectivity index (χ1v) is 6.35. The van der Waals surface area contributed by atoms with Crippen LogP contribution in [0.4, 0.5) is 0 Å². The van der Waals surface area contributed by atoms with Crippen molar-refractivity contribution >= 4 is 0 Å². The molecule has 0 heterocycles. The summed E-state index contributed by atoms with van der Waals surface area (Å²) in [6, 6.07) is 3.95. The van der Waals surface area contributed by atoms with Gasteiger partial charge in [-0.25, -0.2) is 0 Å². The Balaban J connectivity index is 2.63. The van der Waals surface area contributed by atoms with Crippen molar-refractivity contribution in [2.45, 2.75) is 26.3 Å². The molecule has 0 saturated carbocycles. The van der Waals surface area contributed by atoms with Crippen LogP contribution in [0, 0.1) is 6.92 Å². The molecular weight excluding hydrogens is 228 g/mol. The molecule has 0 amide bonds. The average Bonchev–Trinajstić information content (AvgIpc) is 2.39. The maximum absolute atomic E-state index is 5.46. The lowest BCUT2D eigenvalue weighted by molar-refractivity contribution is 0.389. The Morgan fingerprint density at radius 1 is 1.17 bits per heavy atom. The molecule has 0 atom stereocenters. The number of aryl methyl sites for hydroxylation is 1. The SMILES string of the molecule is COc1cc(C)c(CNCCCCN)c(OC)c1. The van der Waals surface area contributed by atoms with Gasteiger partial charge in [0.1, 0.15) is 11.5 Å². The molecule has 0 unspecified atom stereocenters. The van der Waals surface area contributed by atoms with Gasteiger partial charge in [0.2, 0.25) is 0 Å². The summed E-state index contributed by atoms with van der Waals surface area (Å²) >= 11 is 0. The van der Waals surface area contributed by atoms with Gasteiger partial charge in [-0.2, -0.15) is 0 Å². The number of benzene rings is 1. The van der Waals surface area contributed by atoms with E-state index in [1.165, 1.54) is 11.1 Å². The Morgan fingerprint density at radius 3 is 2.56 bits per heavy atom. The van der Waals surface area contributed by atoms with Gasteiger partial charge < -0.3 is 20.5 Å². The van der Waals surface area contributed by atoms with Crippen LogP contribution in [0.3, 0.4) is 0 Å². The Labute approximate surface area is 109 Å². The molecule has 0 aliphatic heterocycles. The standard InChI is InChI=1S/C14H24N2O2/c1-11-8-12(17-2)9-14(18-3)13(11)10-16-7-5-4-6-15/h8-9,16H,4-7,10,15H2,1-3H3. The summed E-state index contributed by atoms with van der Waals surface area (Å²) in [4.78, 5) is 0. The van der Waals surface area contributed by atoms with E-state index in [1.54, 1.807) is 14.2 Å². The first-order chi connectivity index (χ1) is 8.72. The minimum absolute atomic E-state index is 0.757. The Hall–Kier alpha value is -1.26. The number of methoxy groups -OCH3 is 2. The van der Waals surface area contributed by atoms with Crippen LogP contribution in [0.5, 0.6) is 11.5 Å². The second kappa shape index (κ2) is 7.95. The second-order valence-electron chi connectivity index (χ2n) is 4.30. The lowest BCUT2D eigenvalue weighted by atomic mass is 10.1. The number of hydrogen-bond donors (Lipinski definition) is 2. The third-order valence-corrected chi connectivity index (χ3v) is 2.97. The minimum atomic E-state index is 0.757. The van der Waals surface area contributed by atoms with Crippen LogP contribution in [-0.2, 0) is 6.54 Å². The topological polar surface area (TPSA) is 56.5 Å². The number of unbranched alkanes of at least 4 members (excludes halogenated alkanes) is 1. The van der Waals surface area contributed by atoms with Gasteiger partial charge in [-0.05, 0) is 44.5 Å². The smallest absolute Gasteiger partial charge is 0.127 e. The third-order valence-electron chi connectivity index (χ3n) is 2.97. The zero-order valence-corrected chi connectivity index (χ0v) is 11.6. The van der Waals surface area contributed by atoms with Crippen LogP contribution >= 0.6 is 0 Å². The number of rotatable bonds is 8. The summed E-state index contributed by atoms with van der Waals surface area (Å²) in [5.74, 6) is 1.70. The van der Waals surface area contributed by atoms with Crippen molar-refractivity contribution < 1.29 is 9.47 Å². The first-order valence-electron chi connectivity index (χ1n) is 6.35. The largest absolute Gasteiger partial charge is 0.497 e. The molecule has 4 heteroatoms. The van der Waals surface area contributed by atoms with Crippen molar-refractivity contribution in [3.8, 4) is 11.5 Å². The van der Waals surface area contributed by atoms with Crippen LogP contribution in [-0.4, -0.2) is 27.3 Å². The van der Waals surface area contributed by atoms with E-state index in [9.17, 15) is 0 Å². The number of nitrogens with two attached hydrogens (primary N) is 1. The molecule has 0 bridgehead atoms. The minimum Gasteiger partial charge on any atom is -0.497 e. The van der Waals surface area contributed by atoms with E-state index >= 15 is 0 Å². The van der Waals surface area contributed by atoms with Crippen LogP contribution in [0.15, 0.2) is 12.1 Å². The molecule has 18 heavy (non-hydrogen) atoms. The van der Waals surface area contributed by atoms with Crippen molar-refractivity contribution in [3.05, 3.63) is 23.3 Å². The van der Waals surface area contributed by atoms with E-state index in [0.29, 0.717) is 0 Å². The van der Waals surface area contributed by atoms with Gasteiger partial charge in [-0.15, -0.1) is 0 Å². The fraction of sp³-hybridized carbons (Fsp3) is 0.571. The Morgan fingerprint density at radius 2 is 1.94 bits per heavy atom. The highest BCUT2D eigenvalue weighted by Gasteiger charge is 2.08. The Kier molecular flexibility index (Phi) is 6.54. The van der Waals surface area contributed by atoms with E-state index in [4.69, 9.17) is 15.2 Å². The molecular formula is C14H24N2O2. The number of hydrogen-bond acceptors (Lipinski definition) is 4. The van der Waals surface area contributed by atoms with E-state index in [-0.39, 0.29) is 0 Å². The highest BCUT2D eigenvalue weighted by molar-refractivity contribution is 5.46.